The number of hydrogen-bond donors (Lipinski definition) is 1. The molecule has 0 radical (unpaired) electrons. The number of halogens is 3. The summed E-state index contributed by atoms with van der Waals surface area (Å²) in [5, 5.41) is 0. The van der Waals surface area contributed by atoms with E-state index in [4.69, 9.17) is 5.73 Å². The first-order chi connectivity index (χ1) is 6.88. The van der Waals surface area contributed by atoms with E-state index in [1.165, 1.54) is 0 Å². The van der Waals surface area contributed by atoms with Gasteiger partial charge in [-0.05, 0) is 19.3 Å². The van der Waals surface area contributed by atoms with Crippen LogP contribution in [-0.4, -0.2) is 18.0 Å². The van der Waals surface area contributed by atoms with E-state index in [-0.39, 0.29) is 24.2 Å². The average molecular weight is 223 g/mol. The highest BCUT2D eigenvalue weighted by Crippen LogP contribution is 2.28. The lowest BCUT2D eigenvalue weighted by molar-refractivity contribution is -0.145. The van der Waals surface area contributed by atoms with E-state index in [1.807, 2.05) is 0 Å². The lowest BCUT2D eigenvalue weighted by atomic mass is 9.82. The molecule has 0 aromatic carbocycles. The first-order valence-corrected chi connectivity index (χ1v) is 5.23. The van der Waals surface area contributed by atoms with E-state index in [2.05, 4.69) is 0 Å². The molecule has 0 saturated heterocycles. The van der Waals surface area contributed by atoms with Gasteiger partial charge < -0.3 is 5.73 Å². The standard InChI is InChI=1S/C10H16F3NO/c11-10(12,13)5-4-9(15)7-2-1-3-8(14)6-7/h7-8H,1-6,14H2. The molecule has 0 amide bonds. The van der Waals surface area contributed by atoms with Gasteiger partial charge in [-0.2, -0.15) is 13.2 Å². The predicted molar refractivity (Wildman–Crippen MR) is 50.2 cm³/mol. The number of hydrogen-bond acceptors (Lipinski definition) is 2. The van der Waals surface area contributed by atoms with Gasteiger partial charge in [0.05, 0.1) is 6.42 Å². The largest absolute Gasteiger partial charge is 0.389 e. The van der Waals surface area contributed by atoms with E-state index in [0.717, 1.165) is 12.8 Å². The molecule has 0 spiro atoms. The summed E-state index contributed by atoms with van der Waals surface area (Å²) in [6, 6.07) is -0.0152. The van der Waals surface area contributed by atoms with Crippen molar-refractivity contribution in [2.24, 2.45) is 11.7 Å². The Bertz CT molecular complexity index is 227. The molecule has 2 unspecified atom stereocenters. The van der Waals surface area contributed by atoms with Crippen molar-refractivity contribution in [1.82, 2.24) is 0 Å². The first-order valence-electron chi connectivity index (χ1n) is 5.23. The summed E-state index contributed by atoms with van der Waals surface area (Å²) in [4.78, 5) is 11.4. The molecule has 1 rings (SSSR count). The monoisotopic (exact) mass is 223 g/mol. The number of Topliss-reactive ketones (excluding diaryl/α,β-unsaturated/α-hetero) is 1. The van der Waals surface area contributed by atoms with Gasteiger partial charge in [-0.1, -0.05) is 6.42 Å². The molecule has 1 aliphatic rings. The zero-order valence-corrected chi connectivity index (χ0v) is 8.52. The summed E-state index contributed by atoms with van der Waals surface area (Å²) in [5.41, 5.74) is 5.67. The van der Waals surface area contributed by atoms with Crippen molar-refractivity contribution in [2.75, 3.05) is 0 Å². The second kappa shape index (κ2) is 4.96. The molecule has 5 heteroatoms. The number of rotatable bonds is 3. The highest BCUT2D eigenvalue weighted by molar-refractivity contribution is 5.81. The summed E-state index contributed by atoms with van der Waals surface area (Å²) in [6.07, 6.45) is -2.64. The predicted octanol–water partition coefficient (Wildman–Crippen LogP) is 2.42. The minimum atomic E-state index is -4.23. The quantitative estimate of drug-likeness (QED) is 0.798. The maximum atomic E-state index is 11.9. The molecular weight excluding hydrogens is 207 g/mol. The number of carbonyl (C=O) groups is 1. The van der Waals surface area contributed by atoms with Gasteiger partial charge in [0.2, 0.25) is 0 Å². The molecule has 2 nitrogen and oxygen atoms in total. The third kappa shape index (κ3) is 4.64. The van der Waals surface area contributed by atoms with Gasteiger partial charge in [-0.3, -0.25) is 4.79 Å². The normalized spacial score (nSPS) is 27.7. The number of carbonyl (C=O) groups excluding carboxylic acids is 1. The molecule has 88 valence electrons. The third-order valence-corrected chi connectivity index (χ3v) is 2.82. The average Bonchev–Trinajstić information content (AvgIpc) is 2.13. The van der Waals surface area contributed by atoms with Crippen LogP contribution in [0.2, 0.25) is 0 Å². The van der Waals surface area contributed by atoms with Gasteiger partial charge in [0.25, 0.3) is 0 Å². The van der Waals surface area contributed by atoms with Gasteiger partial charge >= 0.3 is 6.18 Å². The van der Waals surface area contributed by atoms with E-state index >= 15 is 0 Å². The topological polar surface area (TPSA) is 43.1 Å². The molecule has 2 N–H and O–H groups in total. The van der Waals surface area contributed by atoms with Crippen LogP contribution in [0.5, 0.6) is 0 Å². The second-order valence-corrected chi connectivity index (χ2v) is 4.21. The third-order valence-electron chi connectivity index (χ3n) is 2.82. The van der Waals surface area contributed by atoms with Crippen LogP contribution in [0, 0.1) is 5.92 Å². The van der Waals surface area contributed by atoms with Crippen molar-refractivity contribution < 1.29 is 18.0 Å². The van der Waals surface area contributed by atoms with Crippen LogP contribution in [0.3, 0.4) is 0 Å². The highest BCUT2D eigenvalue weighted by Gasteiger charge is 2.31. The molecule has 1 fully saturated rings. The van der Waals surface area contributed by atoms with Crippen LogP contribution in [0.4, 0.5) is 13.2 Å². The fourth-order valence-electron chi connectivity index (χ4n) is 1.99. The molecule has 0 heterocycles. The van der Waals surface area contributed by atoms with E-state index in [0.29, 0.717) is 12.8 Å². The van der Waals surface area contributed by atoms with E-state index in [9.17, 15) is 18.0 Å². The van der Waals surface area contributed by atoms with Crippen LogP contribution in [0.1, 0.15) is 38.5 Å². The van der Waals surface area contributed by atoms with Crippen molar-refractivity contribution in [2.45, 2.75) is 50.7 Å². The maximum Gasteiger partial charge on any atom is 0.389 e. The van der Waals surface area contributed by atoms with Crippen molar-refractivity contribution in [3.8, 4) is 0 Å². The summed E-state index contributed by atoms with van der Waals surface area (Å²) in [5.74, 6) is -0.515. The Kier molecular flexibility index (Phi) is 4.13. The molecule has 0 aliphatic heterocycles. The molecule has 0 bridgehead atoms. The van der Waals surface area contributed by atoms with Gasteiger partial charge in [0, 0.05) is 18.4 Å². The van der Waals surface area contributed by atoms with E-state index < -0.39 is 12.6 Å². The second-order valence-electron chi connectivity index (χ2n) is 4.21. The smallest absolute Gasteiger partial charge is 0.328 e. The van der Waals surface area contributed by atoms with Crippen LogP contribution in [0.15, 0.2) is 0 Å². The Hall–Kier alpha value is -0.580. The van der Waals surface area contributed by atoms with Gasteiger partial charge in [0.15, 0.2) is 0 Å². The zero-order valence-electron chi connectivity index (χ0n) is 8.52. The SMILES string of the molecule is NC1CCCC(C(=O)CCC(F)(F)F)C1. The molecule has 0 aromatic rings. The Morgan fingerprint density at radius 2 is 2.00 bits per heavy atom. The zero-order chi connectivity index (χ0) is 11.5. The molecule has 2 atom stereocenters. The Labute approximate surface area is 87.0 Å². The number of ketones is 1. The van der Waals surface area contributed by atoms with Gasteiger partial charge in [0.1, 0.15) is 5.78 Å². The Morgan fingerprint density at radius 1 is 1.33 bits per heavy atom. The van der Waals surface area contributed by atoms with Crippen molar-refractivity contribution in [1.29, 1.82) is 0 Å². The Balaban J connectivity index is 2.33. The fourth-order valence-corrected chi connectivity index (χ4v) is 1.99. The minimum Gasteiger partial charge on any atom is -0.328 e. The van der Waals surface area contributed by atoms with Crippen molar-refractivity contribution in [3.63, 3.8) is 0 Å². The lowest BCUT2D eigenvalue weighted by Gasteiger charge is -2.25. The number of nitrogens with two attached hydrogens (primary N) is 1. The van der Waals surface area contributed by atoms with Crippen LogP contribution in [0.25, 0.3) is 0 Å². The molecule has 0 aromatic heterocycles. The van der Waals surface area contributed by atoms with Crippen molar-refractivity contribution in [3.05, 3.63) is 0 Å². The molecule has 1 saturated carbocycles. The van der Waals surface area contributed by atoms with Crippen molar-refractivity contribution >= 4 is 5.78 Å². The minimum absolute atomic E-state index is 0.0152. The van der Waals surface area contributed by atoms with Crippen LogP contribution >= 0.6 is 0 Å². The summed E-state index contributed by atoms with van der Waals surface area (Å²) in [7, 11) is 0. The highest BCUT2D eigenvalue weighted by atomic mass is 19.4. The lowest BCUT2D eigenvalue weighted by Crippen LogP contribution is -2.32. The summed E-state index contributed by atoms with van der Waals surface area (Å²) < 4.78 is 35.6. The molecule has 1 aliphatic carbocycles. The molecule has 15 heavy (non-hydrogen) atoms. The molecular formula is C10H16F3NO. The van der Waals surface area contributed by atoms with E-state index in [1.54, 1.807) is 0 Å². The first kappa shape index (κ1) is 12.5. The maximum absolute atomic E-state index is 11.9. The summed E-state index contributed by atoms with van der Waals surface area (Å²) in [6.45, 7) is 0. The summed E-state index contributed by atoms with van der Waals surface area (Å²) >= 11 is 0. The van der Waals surface area contributed by atoms with Crippen LogP contribution in [-0.2, 0) is 4.79 Å². The van der Waals surface area contributed by atoms with Crippen LogP contribution < -0.4 is 5.73 Å². The van der Waals surface area contributed by atoms with Gasteiger partial charge in [-0.15, -0.1) is 0 Å². The number of alkyl halides is 3. The van der Waals surface area contributed by atoms with Gasteiger partial charge in [-0.25, -0.2) is 0 Å². The Morgan fingerprint density at radius 3 is 2.53 bits per heavy atom. The fraction of sp³-hybridized carbons (Fsp3) is 0.900.